The van der Waals surface area contributed by atoms with Crippen LogP contribution in [0.4, 0.5) is 16.2 Å². The number of nitrogens with zero attached hydrogens (tertiary/aromatic N) is 2. The third kappa shape index (κ3) is 3.20. The highest BCUT2D eigenvalue weighted by atomic mass is 32.2. The predicted molar refractivity (Wildman–Crippen MR) is 78.0 cm³/mol. The monoisotopic (exact) mass is 298 g/mol. The maximum atomic E-state index is 11.7. The van der Waals surface area contributed by atoms with Gasteiger partial charge in [0, 0.05) is 38.6 Å². The summed E-state index contributed by atoms with van der Waals surface area (Å²) in [5.41, 5.74) is 1.20. The molecule has 1 fully saturated rings. The molecule has 1 saturated heterocycles. The fourth-order valence-electron chi connectivity index (χ4n) is 1.83. The van der Waals surface area contributed by atoms with Crippen LogP contribution in [0.2, 0.25) is 0 Å². The van der Waals surface area contributed by atoms with E-state index in [4.69, 9.17) is 0 Å². The van der Waals surface area contributed by atoms with E-state index in [9.17, 15) is 13.2 Å². The van der Waals surface area contributed by atoms with Crippen molar-refractivity contribution < 1.29 is 13.2 Å². The third-order valence-corrected chi connectivity index (χ3v) is 4.44. The van der Waals surface area contributed by atoms with Gasteiger partial charge in [0.1, 0.15) is 0 Å². The van der Waals surface area contributed by atoms with Gasteiger partial charge in [0.2, 0.25) is 0 Å². The quantitative estimate of drug-likeness (QED) is 0.863. The normalized spacial score (nSPS) is 16.1. The highest BCUT2D eigenvalue weighted by molar-refractivity contribution is 7.90. The maximum Gasteiger partial charge on any atom is 0.321 e. The molecule has 0 aliphatic carbocycles. The Bertz CT molecular complexity index is 583. The van der Waals surface area contributed by atoms with E-state index in [1.165, 1.54) is 14.1 Å². The molecule has 8 heteroatoms. The average Bonchev–Trinajstić information content (AvgIpc) is 2.40. The first-order valence-electron chi connectivity index (χ1n) is 6.26. The lowest BCUT2D eigenvalue weighted by atomic mass is 10.2. The summed E-state index contributed by atoms with van der Waals surface area (Å²) < 4.78 is 26.9. The summed E-state index contributed by atoms with van der Waals surface area (Å²) >= 11 is 0. The van der Waals surface area contributed by atoms with Crippen molar-refractivity contribution in [3.8, 4) is 0 Å². The zero-order chi connectivity index (χ0) is 14.8. The highest BCUT2D eigenvalue weighted by Gasteiger charge is 2.19. The molecule has 0 radical (unpaired) electrons. The van der Waals surface area contributed by atoms with E-state index in [2.05, 4.69) is 10.0 Å². The van der Waals surface area contributed by atoms with Crippen LogP contribution >= 0.6 is 0 Å². The van der Waals surface area contributed by atoms with Crippen LogP contribution in [0.25, 0.3) is 0 Å². The Labute approximate surface area is 118 Å². The molecule has 1 heterocycles. The summed E-state index contributed by atoms with van der Waals surface area (Å²) in [7, 11) is -0.603. The molecule has 110 valence electrons. The summed E-state index contributed by atoms with van der Waals surface area (Å²) in [5, 5.41) is 2.77. The van der Waals surface area contributed by atoms with Gasteiger partial charge in [-0.1, -0.05) is 0 Å². The lowest BCUT2D eigenvalue weighted by molar-refractivity contribution is 0.243. The second kappa shape index (κ2) is 5.68. The smallest absolute Gasteiger partial charge is 0.321 e. The summed E-state index contributed by atoms with van der Waals surface area (Å²) in [6.07, 6.45) is 0.890. The number of carbonyl (C=O) groups excluding carboxylic acids is 1. The zero-order valence-corrected chi connectivity index (χ0v) is 12.3. The van der Waals surface area contributed by atoms with E-state index >= 15 is 0 Å². The molecule has 0 bridgehead atoms. The summed E-state index contributed by atoms with van der Waals surface area (Å²) in [6.45, 7) is 1.35. The molecule has 1 aromatic rings. The first-order chi connectivity index (χ1) is 9.40. The molecule has 1 aliphatic rings. The molecule has 2 rings (SSSR count). The van der Waals surface area contributed by atoms with Gasteiger partial charge in [-0.25, -0.2) is 4.79 Å². The second-order valence-electron chi connectivity index (χ2n) is 4.67. The van der Waals surface area contributed by atoms with Gasteiger partial charge in [-0.2, -0.15) is 12.7 Å². The van der Waals surface area contributed by atoms with Crippen molar-refractivity contribution in [3.63, 3.8) is 0 Å². The van der Waals surface area contributed by atoms with E-state index in [-0.39, 0.29) is 6.03 Å². The number of nitrogens with one attached hydrogen (secondary N) is 2. The molecule has 2 amide bonds. The minimum atomic E-state index is -3.51. The van der Waals surface area contributed by atoms with Crippen LogP contribution in [-0.4, -0.2) is 45.9 Å². The van der Waals surface area contributed by atoms with E-state index < -0.39 is 10.2 Å². The second-order valence-corrected chi connectivity index (χ2v) is 6.56. The molecule has 0 unspecified atom stereocenters. The fraction of sp³-hybridized carbons (Fsp3) is 0.417. The SMILES string of the molecule is CN(C)S(=O)(=O)Nc1ccc(N2CCCNC2=O)cc1. The molecule has 7 nitrogen and oxygen atoms in total. The molecule has 2 N–H and O–H groups in total. The first-order valence-corrected chi connectivity index (χ1v) is 7.70. The van der Waals surface area contributed by atoms with Gasteiger partial charge >= 0.3 is 16.2 Å². The van der Waals surface area contributed by atoms with Gasteiger partial charge in [-0.3, -0.25) is 9.62 Å². The highest BCUT2D eigenvalue weighted by Crippen LogP contribution is 2.20. The van der Waals surface area contributed by atoms with Crippen LogP contribution in [0, 0.1) is 0 Å². The number of urea groups is 1. The Balaban J connectivity index is 2.12. The molecule has 1 aromatic carbocycles. The van der Waals surface area contributed by atoms with Crippen LogP contribution < -0.4 is 14.9 Å². The Kier molecular flexibility index (Phi) is 4.15. The van der Waals surface area contributed by atoms with Crippen LogP contribution in [0.1, 0.15) is 6.42 Å². The van der Waals surface area contributed by atoms with E-state index in [0.29, 0.717) is 18.8 Å². The predicted octanol–water partition coefficient (Wildman–Crippen LogP) is 0.825. The minimum absolute atomic E-state index is 0.127. The number of hydrogen-bond acceptors (Lipinski definition) is 3. The fourth-order valence-corrected chi connectivity index (χ4v) is 2.44. The Morgan fingerprint density at radius 2 is 1.90 bits per heavy atom. The van der Waals surface area contributed by atoms with Crippen molar-refractivity contribution in [1.82, 2.24) is 9.62 Å². The lowest BCUT2D eigenvalue weighted by Crippen LogP contribution is -2.46. The molecule has 20 heavy (non-hydrogen) atoms. The number of carbonyl (C=O) groups is 1. The topological polar surface area (TPSA) is 81.8 Å². The Morgan fingerprint density at radius 3 is 2.45 bits per heavy atom. The maximum absolute atomic E-state index is 11.7. The van der Waals surface area contributed by atoms with Crippen LogP contribution in [0.15, 0.2) is 24.3 Å². The van der Waals surface area contributed by atoms with Crippen LogP contribution in [0.5, 0.6) is 0 Å². The van der Waals surface area contributed by atoms with Crippen LogP contribution in [0.3, 0.4) is 0 Å². The van der Waals surface area contributed by atoms with Crippen molar-refractivity contribution in [2.45, 2.75) is 6.42 Å². The van der Waals surface area contributed by atoms with Gasteiger partial charge < -0.3 is 5.32 Å². The largest absolute Gasteiger partial charge is 0.338 e. The van der Waals surface area contributed by atoms with E-state index in [1.807, 2.05) is 0 Å². The minimum Gasteiger partial charge on any atom is -0.338 e. The number of benzene rings is 1. The van der Waals surface area contributed by atoms with Gasteiger partial charge in [0.05, 0.1) is 0 Å². The van der Waals surface area contributed by atoms with Crippen molar-refractivity contribution in [2.75, 3.05) is 36.8 Å². The van der Waals surface area contributed by atoms with Gasteiger partial charge in [0.15, 0.2) is 0 Å². The van der Waals surface area contributed by atoms with Gasteiger partial charge in [-0.15, -0.1) is 0 Å². The van der Waals surface area contributed by atoms with Crippen molar-refractivity contribution in [1.29, 1.82) is 0 Å². The Morgan fingerprint density at radius 1 is 1.25 bits per heavy atom. The number of hydrogen-bond donors (Lipinski definition) is 2. The first kappa shape index (κ1) is 14.6. The summed E-state index contributed by atoms with van der Waals surface area (Å²) in [5.74, 6) is 0. The average molecular weight is 298 g/mol. The van der Waals surface area contributed by atoms with E-state index in [0.717, 1.165) is 16.4 Å². The lowest BCUT2D eigenvalue weighted by Gasteiger charge is -2.27. The summed E-state index contributed by atoms with van der Waals surface area (Å²) in [4.78, 5) is 13.3. The molecular formula is C12H18N4O3S. The summed E-state index contributed by atoms with van der Waals surface area (Å²) in [6, 6.07) is 6.59. The standard InChI is InChI=1S/C12H18N4O3S/c1-15(2)20(18,19)14-10-4-6-11(7-5-10)16-9-3-8-13-12(16)17/h4-7,14H,3,8-9H2,1-2H3,(H,13,17). The number of rotatable bonds is 4. The molecule has 0 aromatic heterocycles. The molecule has 0 atom stereocenters. The molecular weight excluding hydrogens is 280 g/mol. The van der Waals surface area contributed by atoms with Crippen molar-refractivity contribution >= 4 is 27.6 Å². The van der Waals surface area contributed by atoms with E-state index in [1.54, 1.807) is 29.2 Å². The molecule has 0 spiro atoms. The van der Waals surface area contributed by atoms with Gasteiger partial charge in [-0.05, 0) is 30.7 Å². The van der Waals surface area contributed by atoms with Crippen LogP contribution in [-0.2, 0) is 10.2 Å². The molecule has 1 aliphatic heterocycles. The van der Waals surface area contributed by atoms with Gasteiger partial charge in [0.25, 0.3) is 0 Å². The zero-order valence-electron chi connectivity index (χ0n) is 11.5. The number of amides is 2. The number of anilines is 2. The van der Waals surface area contributed by atoms with Crippen molar-refractivity contribution in [3.05, 3.63) is 24.3 Å². The third-order valence-electron chi connectivity index (χ3n) is 2.99. The van der Waals surface area contributed by atoms with Crippen molar-refractivity contribution in [2.24, 2.45) is 0 Å². The Hall–Kier alpha value is -1.80. The molecule has 0 saturated carbocycles.